The van der Waals surface area contributed by atoms with Gasteiger partial charge in [-0.05, 0) is 30.3 Å². The third kappa shape index (κ3) is 3.42. The molecular weight excluding hydrogens is 360 g/mol. The third-order valence-electron chi connectivity index (χ3n) is 3.50. The Morgan fingerprint density at radius 3 is 2.62 bits per heavy atom. The average Bonchev–Trinajstić information content (AvgIpc) is 2.59. The normalized spacial score (nSPS) is 10.4. The largest absolute Gasteiger partial charge is 0.488 e. The second-order valence-corrected chi connectivity index (χ2v) is 6.91. The quantitative estimate of drug-likeness (QED) is 0.486. The SMILES string of the molecule is C=C=C(COc1ccc(Cl)cc1)c1c(S)c2ccccc2sc1=O. The predicted molar refractivity (Wildman–Crippen MR) is 105 cm³/mol. The highest BCUT2D eigenvalue weighted by molar-refractivity contribution is 7.80. The maximum Gasteiger partial charge on any atom is 0.242 e. The van der Waals surface area contributed by atoms with Gasteiger partial charge in [-0.1, -0.05) is 47.7 Å². The summed E-state index contributed by atoms with van der Waals surface area (Å²) >= 11 is 11.6. The maximum atomic E-state index is 12.5. The Morgan fingerprint density at radius 1 is 1.21 bits per heavy atom. The second kappa shape index (κ2) is 7.29. The van der Waals surface area contributed by atoms with Gasteiger partial charge in [-0.3, -0.25) is 4.79 Å². The van der Waals surface area contributed by atoms with Gasteiger partial charge in [0.05, 0.1) is 5.56 Å². The van der Waals surface area contributed by atoms with Gasteiger partial charge in [-0.25, -0.2) is 0 Å². The molecule has 0 aliphatic carbocycles. The van der Waals surface area contributed by atoms with Crippen LogP contribution < -0.4 is 9.48 Å². The first-order valence-corrected chi connectivity index (χ1v) is 8.77. The summed E-state index contributed by atoms with van der Waals surface area (Å²) < 4.78 is 6.55. The van der Waals surface area contributed by atoms with Crippen LogP contribution in [-0.2, 0) is 0 Å². The molecule has 0 amide bonds. The smallest absolute Gasteiger partial charge is 0.242 e. The molecule has 0 N–H and O–H groups in total. The van der Waals surface area contributed by atoms with E-state index in [4.69, 9.17) is 16.3 Å². The van der Waals surface area contributed by atoms with Crippen LogP contribution in [0.4, 0.5) is 0 Å². The van der Waals surface area contributed by atoms with E-state index in [1.165, 1.54) is 11.3 Å². The lowest BCUT2D eigenvalue weighted by atomic mass is 10.1. The molecule has 2 aromatic carbocycles. The monoisotopic (exact) mass is 372 g/mol. The second-order valence-electron chi connectivity index (χ2n) is 5.01. The number of rotatable bonds is 4. The lowest BCUT2D eigenvalue weighted by molar-refractivity contribution is 0.369. The molecule has 2 nitrogen and oxygen atoms in total. The van der Waals surface area contributed by atoms with Crippen molar-refractivity contribution in [3.05, 3.63) is 81.0 Å². The van der Waals surface area contributed by atoms with Crippen LogP contribution in [0.2, 0.25) is 5.02 Å². The lowest BCUT2D eigenvalue weighted by Gasteiger charge is -2.11. The number of ether oxygens (including phenoxy) is 1. The molecule has 3 rings (SSSR count). The van der Waals surface area contributed by atoms with Crippen molar-refractivity contribution in [3.8, 4) is 5.75 Å². The van der Waals surface area contributed by atoms with Crippen LogP contribution in [0.25, 0.3) is 15.7 Å². The van der Waals surface area contributed by atoms with Gasteiger partial charge in [0.1, 0.15) is 12.4 Å². The highest BCUT2D eigenvalue weighted by Crippen LogP contribution is 2.29. The van der Waals surface area contributed by atoms with Crippen LogP contribution in [0.3, 0.4) is 0 Å². The van der Waals surface area contributed by atoms with Crippen LogP contribution in [0.1, 0.15) is 5.56 Å². The molecule has 5 heteroatoms. The topological polar surface area (TPSA) is 26.3 Å². The minimum atomic E-state index is -0.0791. The Kier molecular flexibility index (Phi) is 5.12. The fourth-order valence-corrected chi connectivity index (χ4v) is 3.96. The van der Waals surface area contributed by atoms with Gasteiger partial charge in [-0.2, -0.15) is 0 Å². The third-order valence-corrected chi connectivity index (χ3v) is 5.18. The van der Waals surface area contributed by atoms with E-state index in [9.17, 15) is 4.79 Å². The number of benzene rings is 2. The minimum absolute atomic E-state index is 0.0791. The molecule has 0 fully saturated rings. The van der Waals surface area contributed by atoms with Crippen LogP contribution in [0, 0.1) is 0 Å². The van der Waals surface area contributed by atoms with Crippen LogP contribution in [-0.4, -0.2) is 6.61 Å². The van der Waals surface area contributed by atoms with E-state index in [2.05, 4.69) is 24.9 Å². The van der Waals surface area contributed by atoms with E-state index in [0.717, 1.165) is 10.1 Å². The first kappa shape index (κ1) is 16.9. The summed E-state index contributed by atoms with van der Waals surface area (Å²) in [5.74, 6) is 0.657. The number of hydrogen-bond donors (Lipinski definition) is 1. The van der Waals surface area contributed by atoms with E-state index in [1.807, 2.05) is 24.3 Å². The van der Waals surface area contributed by atoms with Crippen molar-refractivity contribution in [2.75, 3.05) is 6.61 Å². The van der Waals surface area contributed by atoms with Gasteiger partial charge in [0.25, 0.3) is 0 Å². The first-order valence-electron chi connectivity index (χ1n) is 7.12. The molecule has 0 unspecified atom stereocenters. The number of thiol groups is 1. The molecule has 0 aliphatic heterocycles. The number of halogens is 1. The molecule has 0 atom stereocenters. The van der Waals surface area contributed by atoms with Crippen molar-refractivity contribution < 1.29 is 4.74 Å². The zero-order valence-corrected chi connectivity index (χ0v) is 15.0. The van der Waals surface area contributed by atoms with Crippen LogP contribution in [0.15, 0.2) is 70.5 Å². The van der Waals surface area contributed by atoms with Crippen LogP contribution >= 0.6 is 35.6 Å². The summed E-state index contributed by atoms with van der Waals surface area (Å²) in [5, 5.41) is 1.57. The summed E-state index contributed by atoms with van der Waals surface area (Å²) in [7, 11) is 0. The van der Waals surface area contributed by atoms with E-state index >= 15 is 0 Å². The summed E-state index contributed by atoms with van der Waals surface area (Å²) in [4.78, 5) is 13.1. The van der Waals surface area contributed by atoms with E-state index in [0.29, 0.717) is 26.8 Å². The molecule has 1 aromatic heterocycles. The molecule has 0 aliphatic rings. The standard InChI is InChI=1S/C19H13ClO2S2/c1-2-12(11-22-14-9-7-13(20)8-10-14)17-18(23)15-5-3-4-6-16(15)24-19(17)21/h3-10,23H,1,11H2. The predicted octanol–water partition coefficient (Wildman–Crippen LogP) is 5.45. The summed E-state index contributed by atoms with van der Waals surface area (Å²) in [6, 6.07) is 14.7. The lowest BCUT2D eigenvalue weighted by Crippen LogP contribution is -2.10. The highest BCUT2D eigenvalue weighted by Gasteiger charge is 2.15. The Bertz CT molecular complexity index is 1000. The maximum absolute atomic E-state index is 12.5. The zero-order valence-electron chi connectivity index (χ0n) is 12.6. The molecule has 0 spiro atoms. The Morgan fingerprint density at radius 2 is 1.92 bits per heavy atom. The highest BCUT2D eigenvalue weighted by atomic mass is 35.5. The van der Waals surface area contributed by atoms with Gasteiger partial charge < -0.3 is 4.74 Å². The van der Waals surface area contributed by atoms with Gasteiger partial charge in [0.15, 0.2) is 0 Å². The van der Waals surface area contributed by atoms with Crippen molar-refractivity contribution in [1.82, 2.24) is 0 Å². The van der Waals surface area contributed by atoms with Crippen LogP contribution in [0.5, 0.6) is 5.75 Å². The Hall–Kier alpha value is -1.97. The molecule has 24 heavy (non-hydrogen) atoms. The van der Waals surface area contributed by atoms with Gasteiger partial charge in [0.2, 0.25) is 4.74 Å². The number of fused-ring (bicyclic) bond motifs is 1. The molecule has 120 valence electrons. The van der Waals surface area contributed by atoms with Crippen molar-refractivity contribution in [2.24, 2.45) is 0 Å². The summed E-state index contributed by atoms with van der Waals surface area (Å²) in [5.41, 5.74) is 3.90. The molecule has 1 heterocycles. The van der Waals surface area contributed by atoms with Crippen molar-refractivity contribution in [2.45, 2.75) is 4.90 Å². The Balaban J connectivity index is 1.96. The van der Waals surface area contributed by atoms with Crippen molar-refractivity contribution >= 4 is 51.2 Å². The summed E-state index contributed by atoms with van der Waals surface area (Å²) in [6.45, 7) is 3.87. The fourth-order valence-electron chi connectivity index (χ4n) is 2.30. The van der Waals surface area contributed by atoms with E-state index in [1.54, 1.807) is 24.3 Å². The Labute approximate surface area is 154 Å². The van der Waals surface area contributed by atoms with Crippen molar-refractivity contribution in [1.29, 1.82) is 0 Å². The van der Waals surface area contributed by atoms with E-state index < -0.39 is 0 Å². The molecular formula is C19H13ClO2S2. The average molecular weight is 373 g/mol. The number of hydrogen-bond acceptors (Lipinski definition) is 4. The first-order chi connectivity index (χ1) is 11.6. The summed E-state index contributed by atoms with van der Waals surface area (Å²) in [6.07, 6.45) is 0. The molecule has 0 bridgehead atoms. The van der Waals surface area contributed by atoms with Gasteiger partial charge in [0, 0.05) is 25.6 Å². The fraction of sp³-hybridized carbons (Fsp3) is 0.0526. The van der Waals surface area contributed by atoms with Gasteiger partial charge in [-0.15, -0.1) is 18.4 Å². The molecule has 0 saturated carbocycles. The molecule has 0 radical (unpaired) electrons. The van der Waals surface area contributed by atoms with E-state index in [-0.39, 0.29) is 11.3 Å². The molecule has 3 aromatic rings. The van der Waals surface area contributed by atoms with Gasteiger partial charge >= 0.3 is 0 Å². The van der Waals surface area contributed by atoms with Crippen molar-refractivity contribution in [3.63, 3.8) is 0 Å². The minimum Gasteiger partial charge on any atom is -0.488 e. The zero-order chi connectivity index (χ0) is 17.1. The molecule has 0 saturated heterocycles.